The van der Waals surface area contributed by atoms with E-state index in [1.807, 2.05) is 30.5 Å². The third-order valence-corrected chi connectivity index (χ3v) is 6.18. The fourth-order valence-corrected chi connectivity index (χ4v) is 4.40. The summed E-state index contributed by atoms with van der Waals surface area (Å²) in [5, 5.41) is 3.07. The highest BCUT2D eigenvalue weighted by molar-refractivity contribution is 5.93. The molecule has 1 aromatic carbocycles. The number of rotatable bonds is 5. The van der Waals surface area contributed by atoms with Crippen LogP contribution in [0.4, 0.5) is 11.5 Å². The number of amides is 2. The molecule has 7 nitrogen and oxygen atoms in total. The van der Waals surface area contributed by atoms with Crippen molar-refractivity contribution < 1.29 is 9.59 Å². The van der Waals surface area contributed by atoms with Gasteiger partial charge in [0.25, 0.3) is 0 Å². The Labute approximate surface area is 184 Å². The Morgan fingerprint density at radius 1 is 1.06 bits per heavy atom. The minimum absolute atomic E-state index is 0.00655. The minimum Gasteiger partial charge on any atom is -0.354 e. The molecule has 7 heteroatoms. The van der Waals surface area contributed by atoms with Gasteiger partial charge >= 0.3 is 0 Å². The van der Waals surface area contributed by atoms with Gasteiger partial charge in [0.2, 0.25) is 11.8 Å². The number of carbonyl (C=O) groups is 2. The number of anilines is 2. The molecule has 1 atom stereocenters. The van der Waals surface area contributed by atoms with Crippen LogP contribution < -0.4 is 10.2 Å². The van der Waals surface area contributed by atoms with Crippen LogP contribution in [-0.2, 0) is 16.1 Å². The summed E-state index contributed by atoms with van der Waals surface area (Å²) in [6.07, 6.45) is 3.55. The van der Waals surface area contributed by atoms with E-state index in [1.54, 1.807) is 11.8 Å². The number of hydrogen-bond donors (Lipinski definition) is 1. The number of aromatic nitrogens is 1. The van der Waals surface area contributed by atoms with E-state index in [4.69, 9.17) is 0 Å². The van der Waals surface area contributed by atoms with Crippen LogP contribution in [0.15, 0.2) is 48.7 Å². The van der Waals surface area contributed by atoms with E-state index in [0.717, 1.165) is 63.6 Å². The highest BCUT2D eigenvalue weighted by Gasteiger charge is 2.27. The molecule has 2 fully saturated rings. The average molecular weight is 422 g/mol. The molecular weight excluding hydrogens is 390 g/mol. The summed E-state index contributed by atoms with van der Waals surface area (Å²) in [5.41, 5.74) is 2.02. The number of piperazine rings is 1. The predicted octanol–water partition coefficient (Wildman–Crippen LogP) is 2.60. The van der Waals surface area contributed by atoms with Gasteiger partial charge in [-0.15, -0.1) is 0 Å². The van der Waals surface area contributed by atoms with Gasteiger partial charge in [0.05, 0.1) is 5.92 Å². The average Bonchev–Trinajstić information content (AvgIpc) is 2.80. The van der Waals surface area contributed by atoms with Crippen molar-refractivity contribution in [3.05, 3.63) is 54.2 Å². The quantitative estimate of drug-likeness (QED) is 0.804. The monoisotopic (exact) mass is 421 g/mol. The summed E-state index contributed by atoms with van der Waals surface area (Å²) in [4.78, 5) is 35.4. The predicted molar refractivity (Wildman–Crippen MR) is 122 cm³/mol. The van der Waals surface area contributed by atoms with E-state index < -0.39 is 0 Å². The second-order valence-electron chi connectivity index (χ2n) is 8.44. The Kier molecular flexibility index (Phi) is 6.82. The molecule has 0 radical (unpaired) electrons. The van der Waals surface area contributed by atoms with E-state index in [0.29, 0.717) is 6.54 Å². The molecular formula is C24H31N5O2. The van der Waals surface area contributed by atoms with Gasteiger partial charge in [-0.1, -0.05) is 18.2 Å². The Morgan fingerprint density at radius 3 is 2.65 bits per heavy atom. The molecule has 0 spiro atoms. The summed E-state index contributed by atoms with van der Waals surface area (Å²) in [7, 11) is 0. The fourth-order valence-electron chi connectivity index (χ4n) is 4.40. The van der Waals surface area contributed by atoms with Gasteiger partial charge < -0.3 is 15.1 Å². The van der Waals surface area contributed by atoms with Gasteiger partial charge in [0.15, 0.2) is 0 Å². The van der Waals surface area contributed by atoms with Crippen LogP contribution in [0.1, 0.15) is 25.3 Å². The molecule has 0 aliphatic carbocycles. The molecule has 2 amide bonds. The molecule has 0 saturated carbocycles. The number of piperidine rings is 1. The zero-order chi connectivity index (χ0) is 21.6. The van der Waals surface area contributed by atoms with Crippen LogP contribution in [0.3, 0.4) is 0 Å². The Hall–Kier alpha value is -2.93. The molecule has 1 unspecified atom stereocenters. The van der Waals surface area contributed by atoms with Crippen molar-refractivity contribution in [2.75, 3.05) is 49.5 Å². The van der Waals surface area contributed by atoms with Crippen molar-refractivity contribution in [2.45, 2.75) is 26.3 Å². The van der Waals surface area contributed by atoms with Gasteiger partial charge in [-0.25, -0.2) is 4.98 Å². The number of benzene rings is 1. The van der Waals surface area contributed by atoms with Gasteiger partial charge in [0, 0.05) is 64.6 Å². The van der Waals surface area contributed by atoms with Crippen LogP contribution >= 0.6 is 0 Å². The molecule has 164 valence electrons. The molecule has 2 aromatic rings. The number of likely N-dealkylation sites (tertiary alicyclic amines) is 1. The molecule has 4 rings (SSSR count). The molecule has 3 heterocycles. The van der Waals surface area contributed by atoms with E-state index >= 15 is 0 Å². The smallest absolute Gasteiger partial charge is 0.229 e. The minimum atomic E-state index is -0.138. The third kappa shape index (κ3) is 5.61. The Balaban J connectivity index is 1.30. The van der Waals surface area contributed by atoms with Crippen LogP contribution in [0.5, 0.6) is 0 Å². The summed E-state index contributed by atoms with van der Waals surface area (Å²) >= 11 is 0. The first kappa shape index (κ1) is 21.3. The van der Waals surface area contributed by atoms with Gasteiger partial charge in [-0.05, 0) is 42.7 Å². The van der Waals surface area contributed by atoms with Crippen molar-refractivity contribution in [1.29, 1.82) is 0 Å². The summed E-state index contributed by atoms with van der Waals surface area (Å²) in [6, 6.07) is 14.1. The topological polar surface area (TPSA) is 68.8 Å². The van der Waals surface area contributed by atoms with Crippen molar-refractivity contribution in [1.82, 2.24) is 14.8 Å². The zero-order valence-electron chi connectivity index (χ0n) is 18.2. The van der Waals surface area contributed by atoms with E-state index in [9.17, 15) is 9.59 Å². The SMILES string of the molecule is CC(=O)N1CCCC(C(=O)Nc2cccc(CN3CCN(c4ccccn4)CC3)c2)C1. The van der Waals surface area contributed by atoms with E-state index in [-0.39, 0.29) is 17.7 Å². The van der Waals surface area contributed by atoms with Crippen LogP contribution in [-0.4, -0.2) is 65.9 Å². The third-order valence-electron chi connectivity index (χ3n) is 6.18. The molecule has 1 aromatic heterocycles. The summed E-state index contributed by atoms with van der Waals surface area (Å²) < 4.78 is 0. The first-order valence-electron chi connectivity index (χ1n) is 11.1. The number of nitrogens with zero attached hydrogens (tertiary/aromatic N) is 4. The summed E-state index contributed by atoms with van der Waals surface area (Å²) in [5.74, 6) is 0.952. The van der Waals surface area contributed by atoms with Crippen molar-refractivity contribution in [3.8, 4) is 0 Å². The lowest BCUT2D eigenvalue weighted by atomic mass is 9.97. The largest absolute Gasteiger partial charge is 0.354 e. The lowest BCUT2D eigenvalue weighted by Gasteiger charge is -2.35. The second-order valence-corrected chi connectivity index (χ2v) is 8.44. The molecule has 31 heavy (non-hydrogen) atoms. The van der Waals surface area contributed by atoms with Crippen molar-refractivity contribution in [3.63, 3.8) is 0 Å². The first-order valence-corrected chi connectivity index (χ1v) is 11.1. The second kappa shape index (κ2) is 9.92. The highest BCUT2D eigenvalue weighted by Crippen LogP contribution is 2.20. The Bertz CT molecular complexity index is 896. The van der Waals surface area contributed by atoms with E-state index in [1.165, 1.54) is 5.56 Å². The van der Waals surface area contributed by atoms with Crippen LogP contribution in [0.25, 0.3) is 0 Å². The van der Waals surface area contributed by atoms with Crippen LogP contribution in [0, 0.1) is 5.92 Å². The zero-order valence-corrected chi connectivity index (χ0v) is 18.2. The number of nitrogens with one attached hydrogen (secondary N) is 1. The van der Waals surface area contributed by atoms with Crippen molar-refractivity contribution >= 4 is 23.3 Å². The number of pyridine rings is 1. The molecule has 2 aliphatic heterocycles. The molecule has 2 aliphatic rings. The lowest BCUT2D eigenvalue weighted by molar-refractivity contribution is -0.132. The maximum Gasteiger partial charge on any atom is 0.229 e. The van der Waals surface area contributed by atoms with Gasteiger partial charge in [-0.2, -0.15) is 0 Å². The fraction of sp³-hybridized carbons (Fsp3) is 0.458. The maximum absolute atomic E-state index is 12.7. The van der Waals surface area contributed by atoms with Crippen LogP contribution in [0.2, 0.25) is 0 Å². The number of hydrogen-bond acceptors (Lipinski definition) is 5. The molecule has 2 saturated heterocycles. The molecule has 0 bridgehead atoms. The summed E-state index contributed by atoms with van der Waals surface area (Å²) in [6.45, 7) is 7.58. The first-order chi connectivity index (χ1) is 15.1. The van der Waals surface area contributed by atoms with Crippen molar-refractivity contribution in [2.24, 2.45) is 5.92 Å². The lowest BCUT2D eigenvalue weighted by Crippen LogP contribution is -2.46. The normalized spacial score (nSPS) is 19.8. The number of carbonyl (C=O) groups excluding carboxylic acids is 2. The Morgan fingerprint density at radius 2 is 1.90 bits per heavy atom. The van der Waals surface area contributed by atoms with Gasteiger partial charge in [-0.3, -0.25) is 14.5 Å². The highest BCUT2D eigenvalue weighted by atomic mass is 16.2. The maximum atomic E-state index is 12.7. The van der Waals surface area contributed by atoms with E-state index in [2.05, 4.69) is 38.3 Å². The van der Waals surface area contributed by atoms with Gasteiger partial charge in [0.1, 0.15) is 5.82 Å². The standard InChI is InChI=1S/C24H31N5O2/c1-19(30)29-11-5-7-21(18-29)24(31)26-22-8-4-6-20(16-22)17-27-12-14-28(15-13-27)23-9-2-3-10-25-23/h2-4,6,8-10,16,21H,5,7,11-15,17-18H2,1H3,(H,26,31). The molecule has 1 N–H and O–H groups in total.